The van der Waals surface area contributed by atoms with Gasteiger partial charge < -0.3 is 10.4 Å². The number of sulfonamides is 1. The fourth-order valence-electron chi connectivity index (χ4n) is 3.02. The molecule has 2 N–H and O–H groups in total. The topological polar surface area (TPSA) is 104 Å². The summed E-state index contributed by atoms with van der Waals surface area (Å²) < 4.78 is 26.9. The average molecular weight is 382 g/mol. The molecule has 1 fully saturated rings. The summed E-state index contributed by atoms with van der Waals surface area (Å²) in [6.45, 7) is 5.73. The van der Waals surface area contributed by atoms with Crippen LogP contribution in [0.15, 0.2) is 29.2 Å². The molecular weight excluding hydrogens is 356 g/mol. The summed E-state index contributed by atoms with van der Waals surface area (Å²) in [5.74, 6) is -2.31. The molecule has 1 aromatic carbocycles. The normalized spacial score (nSPS) is 19.9. The van der Waals surface area contributed by atoms with Crippen LogP contribution in [0.5, 0.6) is 0 Å². The molecule has 1 unspecified atom stereocenters. The molecule has 0 aliphatic carbocycles. The summed E-state index contributed by atoms with van der Waals surface area (Å²) >= 11 is 0. The third kappa shape index (κ3) is 4.62. The lowest BCUT2D eigenvalue weighted by Crippen LogP contribution is -2.50. The van der Waals surface area contributed by atoms with E-state index in [-0.39, 0.29) is 17.4 Å². The molecule has 2 atom stereocenters. The summed E-state index contributed by atoms with van der Waals surface area (Å²) in [6.07, 6.45) is 1.10. The number of aliphatic carboxylic acids is 1. The third-order valence-corrected chi connectivity index (χ3v) is 6.52. The number of hydrogen-bond acceptors (Lipinski definition) is 4. The molecule has 1 saturated heterocycles. The molecule has 0 saturated carbocycles. The number of benzene rings is 1. The van der Waals surface area contributed by atoms with Gasteiger partial charge >= 0.3 is 5.97 Å². The van der Waals surface area contributed by atoms with Crippen molar-refractivity contribution in [3.63, 3.8) is 0 Å². The number of carbonyl (C=O) groups is 2. The number of nitrogens with one attached hydrogen (secondary N) is 1. The van der Waals surface area contributed by atoms with Gasteiger partial charge in [0.1, 0.15) is 6.04 Å². The number of hydrogen-bond donors (Lipinski definition) is 2. The first kappa shape index (κ1) is 20.4. The van der Waals surface area contributed by atoms with Crippen LogP contribution in [0.2, 0.25) is 0 Å². The average Bonchev–Trinajstić information content (AvgIpc) is 2.59. The Kier molecular flexibility index (Phi) is 6.41. The van der Waals surface area contributed by atoms with Gasteiger partial charge in [0, 0.05) is 13.1 Å². The highest BCUT2D eigenvalue weighted by molar-refractivity contribution is 7.89. The van der Waals surface area contributed by atoms with Gasteiger partial charge in [0.15, 0.2) is 0 Å². The molecule has 26 heavy (non-hydrogen) atoms. The van der Waals surface area contributed by atoms with Crippen molar-refractivity contribution < 1.29 is 23.1 Å². The van der Waals surface area contributed by atoms with E-state index in [1.54, 1.807) is 38.1 Å². The van der Waals surface area contributed by atoms with Crippen molar-refractivity contribution in [3.05, 3.63) is 29.8 Å². The maximum absolute atomic E-state index is 12.8. The van der Waals surface area contributed by atoms with Crippen molar-refractivity contribution in [2.45, 2.75) is 44.6 Å². The number of carboxylic acids is 1. The molecule has 1 aliphatic rings. The maximum Gasteiger partial charge on any atom is 0.326 e. The minimum Gasteiger partial charge on any atom is -0.480 e. The van der Waals surface area contributed by atoms with Crippen molar-refractivity contribution >= 4 is 21.9 Å². The quantitative estimate of drug-likeness (QED) is 0.778. The van der Waals surface area contributed by atoms with Crippen LogP contribution in [0.4, 0.5) is 0 Å². The molecular formula is C18H26N2O5S. The smallest absolute Gasteiger partial charge is 0.326 e. The van der Waals surface area contributed by atoms with E-state index in [9.17, 15) is 23.1 Å². The van der Waals surface area contributed by atoms with E-state index in [1.165, 1.54) is 4.31 Å². The van der Waals surface area contributed by atoms with E-state index in [1.807, 2.05) is 6.92 Å². The lowest BCUT2D eigenvalue weighted by atomic mass is 9.97. The number of piperidine rings is 1. The Morgan fingerprint density at radius 2 is 1.85 bits per heavy atom. The molecule has 0 radical (unpaired) electrons. The summed E-state index contributed by atoms with van der Waals surface area (Å²) in [5, 5.41) is 11.8. The largest absolute Gasteiger partial charge is 0.480 e. The standard InChI is InChI=1S/C18H26N2O5S/c1-12(2)16(18(22)23)19-17(21)14-5-4-10-20(11-14)26(24,25)15-8-6-13(3)7-9-15/h6-9,12,14,16H,4-5,10-11H2,1-3H3,(H,19,21)(H,22,23)/t14?,16-/m0/s1. The first-order valence-electron chi connectivity index (χ1n) is 8.73. The highest BCUT2D eigenvalue weighted by Gasteiger charge is 2.35. The van der Waals surface area contributed by atoms with E-state index in [0.717, 1.165) is 5.56 Å². The lowest BCUT2D eigenvalue weighted by Gasteiger charge is -2.32. The second kappa shape index (κ2) is 8.18. The molecule has 1 heterocycles. The summed E-state index contributed by atoms with van der Waals surface area (Å²) in [5.41, 5.74) is 0.966. The van der Waals surface area contributed by atoms with Crippen LogP contribution >= 0.6 is 0 Å². The number of amides is 1. The number of carboxylic acid groups (broad SMARTS) is 1. The Morgan fingerprint density at radius 1 is 1.23 bits per heavy atom. The molecule has 0 aromatic heterocycles. The Balaban J connectivity index is 2.12. The molecule has 7 nitrogen and oxygen atoms in total. The van der Waals surface area contributed by atoms with Crippen molar-refractivity contribution in [1.29, 1.82) is 0 Å². The lowest BCUT2D eigenvalue weighted by molar-refractivity contribution is -0.144. The predicted molar refractivity (Wildman–Crippen MR) is 97.1 cm³/mol. The summed E-state index contributed by atoms with van der Waals surface area (Å²) in [4.78, 5) is 24.0. The van der Waals surface area contributed by atoms with Crippen molar-refractivity contribution in [1.82, 2.24) is 9.62 Å². The van der Waals surface area contributed by atoms with Gasteiger partial charge in [0.2, 0.25) is 15.9 Å². The van der Waals surface area contributed by atoms with E-state index in [4.69, 9.17) is 0 Å². The second-order valence-corrected chi connectivity index (χ2v) is 9.02. The molecule has 0 spiro atoms. The van der Waals surface area contributed by atoms with Gasteiger partial charge in [-0.1, -0.05) is 31.5 Å². The highest BCUT2D eigenvalue weighted by atomic mass is 32.2. The van der Waals surface area contributed by atoms with Gasteiger partial charge in [-0.2, -0.15) is 4.31 Å². The van der Waals surface area contributed by atoms with Gasteiger partial charge in [-0.25, -0.2) is 13.2 Å². The maximum atomic E-state index is 12.8. The Hall–Kier alpha value is -1.93. The first-order valence-corrected chi connectivity index (χ1v) is 10.2. The summed E-state index contributed by atoms with van der Waals surface area (Å²) in [6, 6.07) is 5.62. The van der Waals surface area contributed by atoms with Crippen molar-refractivity contribution in [2.24, 2.45) is 11.8 Å². The minimum absolute atomic E-state index is 0.0620. The van der Waals surface area contributed by atoms with Gasteiger partial charge in [-0.15, -0.1) is 0 Å². The van der Waals surface area contributed by atoms with E-state index < -0.39 is 33.9 Å². The van der Waals surface area contributed by atoms with Crippen LogP contribution in [-0.4, -0.2) is 48.8 Å². The first-order chi connectivity index (χ1) is 12.1. The molecule has 2 rings (SSSR count). The Labute approximate surface area is 154 Å². The SMILES string of the molecule is Cc1ccc(S(=O)(=O)N2CCCC(C(=O)N[C@H](C(=O)O)C(C)C)C2)cc1. The van der Waals surface area contributed by atoms with Crippen LogP contribution in [0, 0.1) is 18.8 Å². The predicted octanol–water partition coefficient (Wildman–Crippen LogP) is 1.62. The number of aryl methyl sites for hydroxylation is 1. The molecule has 144 valence electrons. The van der Waals surface area contributed by atoms with Gasteiger partial charge in [0.25, 0.3) is 0 Å². The molecule has 1 aromatic rings. The molecule has 1 aliphatic heterocycles. The van der Waals surface area contributed by atoms with Gasteiger partial charge in [-0.3, -0.25) is 4.79 Å². The number of rotatable bonds is 6. The monoisotopic (exact) mass is 382 g/mol. The Bertz CT molecular complexity index is 758. The van der Waals surface area contributed by atoms with Crippen LogP contribution in [0.3, 0.4) is 0 Å². The van der Waals surface area contributed by atoms with E-state index in [2.05, 4.69) is 5.32 Å². The number of carbonyl (C=O) groups excluding carboxylic acids is 1. The zero-order valence-electron chi connectivity index (χ0n) is 15.3. The van der Waals surface area contributed by atoms with Crippen LogP contribution < -0.4 is 5.32 Å². The second-order valence-electron chi connectivity index (χ2n) is 7.08. The zero-order valence-corrected chi connectivity index (χ0v) is 16.1. The zero-order chi connectivity index (χ0) is 19.5. The Morgan fingerprint density at radius 3 is 2.38 bits per heavy atom. The van der Waals surface area contributed by atoms with Crippen LogP contribution in [-0.2, 0) is 19.6 Å². The third-order valence-electron chi connectivity index (χ3n) is 4.64. The van der Waals surface area contributed by atoms with E-state index in [0.29, 0.717) is 19.4 Å². The van der Waals surface area contributed by atoms with Gasteiger partial charge in [-0.05, 0) is 37.8 Å². The fourth-order valence-corrected chi connectivity index (χ4v) is 4.54. The van der Waals surface area contributed by atoms with Crippen LogP contribution in [0.25, 0.3) is 0 Å². The fraction of sp³-hybridized carbons (Fsp3) is 0.556. The number of nitrogens with zero attached hydrogens (tertiary/aromatic N) is 1. The van der Waals surface area contributed by atoms with Crippen molar-refractivity contribution in [3.8, 4) is 0 Å². The van der Waals surface area contributed by atoms with Gasteiger partial charge in [0.05, 0.1) is 10.8 Å². The molecule has 8 heteroatoms. The van der Waals surface area contributed by atoms with Crippen molar-refractivity contribution in [2.75, 3.05) is 13.1 Å². The minimum atomic E-state index is -3.67. The summed E-state index contributed by atoms with van der Waals surface area (Å²) in [7, 11) is -3.67. The molecule has 0 bridgehead atoms. The van der Waals surface area contributed by atoms with E-state index >= 15 is 0 Å². The molecule has 1 amide bonds. The highest BCUT2D eigenvalue weighted by Crippen LogP contribution is 2.24. The van der Waals surface area contributed by atoms with Crippen LogP contribution in [0.1, 0.15) is 32.3 Å².